The second kappa shape index (κ2) is 8.25. The van der Waals surface area contributed by atoms with E-state index < -0.39 is 0 Å². The van der Waals surface area contributed by atoms with Gasteiger partial charge in [0.1, 0.15) is 5.82 Å². The van der Waals surface area contributed by atoms with Gasteiger partial charge in [-0.05, 0) is 49.1 Å². The molecular formula is C17H29FN2. The van der Waals surface area contributed by atoms with Crippen molar-refractivity contribution in [2.24, 2.45) is 5.41 Å². The van der Waals surface area contributed by atoms with Gasteiger partial charge in [0.05, 0.1) is 0 Å². The van der Waals surface area contributed by atoms with E-state index in [1.165, 1.54) is 25.0 Å². The van der Waals surface area contributed by atoms with Crippen LogP contribution in [0.1, 0.15) is 40.0 Å². The molecule has 0 aliphatic rings. The summed E-state index contributed by atoms with van der Waals surface area (Å²) in [6.45, 7) is 9.83. The fraction of sp³-hybridized carbons (Fsp3) is 0.647. The molecule has 1 atom stereocenters. The number of rotatable bonds is 9. The van der Waals surface area contributed by atoms with Crippen LogP contribution >= 0.6 is 0 Å². The van der Waals surface area contributed by atoms with Crippen LogP contribution in [0.5, 0.6) is 0 Å². The Bertz CT molecular complexity index is 377. The van der Waals surface area contributed by atoms with Crippen molar-refractivity contribution in [1.29, 1.82) is 0 Å². The Labute approximate surface area is 123 Å². The van der Waals surface area contributed by atoms with Crippen molar-refractivity contribution in [2.45, 2.75) is 40.0 Å². The van der Waals surface area contributed by atoms with Gasteiger partial charge >= 0.3 is 0 Å². The molecule has 0 bridgehead atoms. The number of anilines is 1. The molecule has 0 amide bonds. The van der Waals surface area contributed by atoms with Crippen LogP contribution < -0.4 is 10.2 Å². The number of halogens is 1. The Hall–Kier alpha value is -1.09. The van der Waals surface area contributed by atoms with Gasteiger partial charge in [0.2, 0.25) is 0 Å². The van der Waals surface area contributed by atoms with Crippen LogP contribution in [0, 0.1) is 11.2 Å². The summed E-state index contributed by atoms with van der Waals surface area (Å²) in [5.74, 6) is -0.178. The van der Waals surface area contributed by atoms with Crippen LogP contribution in [0.2, 0.25) is 0 Å². The van der Waals surface area contributed by atoms with Crippen molar-refractivity contribution in [3.8, 4) is 0 Å². The third kappa shape index (κ3) is 5.49. The number of hydrogen-bond acceptors (Lipinski definition) is 2. The van der Waals surface area contributed by atoms with Gasteiger partial charge in [-0.1, -0.05) is 27.2 Å². The fourth-order valence-electron chi connectivity index (χ4n) is 2.75. The molecule has 1 aromatic carbocycles. The Morgan fingerprint density at radius 2 is 1.80 bits per heavy atom. The minimum absolute atomic E-state index is 0.178. The first-order valence-electron chi connectivity index (χ1n) is 7.68. The van der Waals surface area contributed by atoms with Crippen molar-refractivity contribution in [3.05, 3.63) is 30.1 Å². The van der Waals surface area contributed by atoms with Gasteiger partial charge in [0, 0.05) is 25.8 Å². The summed E-state index contributed by atoms with van der Waals surface area (Å²) in [4.78, 5) is 2.22. The third-order valence-electron chi connectivity index (χ3n) is 3.72. The van der Waals surface area contributed by atoms with Crippen molar-refractivity contribution < 1.29 is 4.39 Å². The van der Waals surface area contributed by atoms with Gasteiger partial charge in [-0.3, -0.25) is 0 Å². The molecule has 0 saturated heterocycles. The lowest BCUT2D eigenvalue weighted by atomic mass is 9.84. The maximum Gasteiger partial charge on any atom is 0.123 e. The van der Waals surface area contributed by atoms with Gasteiger partial charge in [-0.15, -0.1) is 0 Å². The molecule has 114 valence electrons. The summed E-state index contributed by atoms with van der Waals surface area (Å²) in [7, 11) is 2.08. The highest BCUT2D eigenvalue weighted by molar-refractivity contribution is 5.45. The van der Waals surface area contributed by atoms with Crippen LogP contribution in [-0.4, -0.2) is 26.7 Å². The highest BCUT2D eigenvalue weighted by Crippen LogP contribution is 2.26. The molecule has 0 spiro atoms. The van der Waals surface area contributed by atoms with E-state index in [1.807, 2.05) is 12.1 Å². The zero-order valence-corrected chi connectivity index (χ0v) is 13.4. The Balaban J connectivity index is 2.65. The van der Waals surface area contributed by atoms with E-state index in [1.54, 1.807) is 0 Å². The maximum absolute atomic E-state index is 13.0. The quantitative estimate of drug-likeness (QED) is 0.686. The van der Waals surface area contributed by atoms with E-state index in [4.69, 9.17) is 0 Å². The lowest BCUT2D eigenvalue weighted by molar-refractivity contribution is 0.284. The van der Waals surface area contributed by atoms with Crippen molar-refractivity contribution in [1.82, 2.24) is 5.32 Å². The predicted molar refractivity (Wildman–Crippen MR) is 85.8 cm³/mol. The average molecular weight is 280 g/mol. The van der Waals surface area contributed by atoms with Gasteiger partial charge in [0.15, 0.2) is 0 Å². The number of nitrogens with zero attached hydrogens (tertiary/aromatic N) is 1. The first-order chi connectivity index (χ1) is 9.50. The molecule has 20 heavy (non-hydrogen) atoms. The minimum Gasteiger partial charge on any atom is -0.374 e. The molecular weight excluding hydrogens is 251 g/mol. The van der Waals surface area contributed by atoms with Crippen molar-refractivity contribution in [3.63, 3.8) is 0 Å². The smallest absolute Gasteiger partial charge is 0.123 e. The number of nitrogens with one attached hydrogen (secondary N) is 1. The van der Waals surface area contributed by atoms with E-state index >= 15 is 0 Å². The standard InChI is InChI=1S/C17H29FN2/c1-5-11-17(3,13-19-12-6-2)14-20(4)16-9-7-15(18)8-10-16/h7-10,19H,5-6,11-14H2,1-4H3. The third-order valence-corrected chi connectivity index (χ3v) is 3.72. The molecule has 1 unspecified atom stereocenters. The molecule has 2 nitrogen and oxygen atoms in total. The Morgan fingerprint density at radius 1 is 1.15 bits per heavy atom. The molecule has 0 heterocycles. The summed E-state index contributed by atoms with van der Waals surface area (Å²) in [5.41, 5.74) is 1.32. The van der Waals surface area contributed by atoms with Gasteiger partial charge in [0.25, 0.3) is 0 Å². The fourth-order valence-corrected chi connectivity index (χ4v) is 2.75. The lowest BCUT2D eigenvalue weighted by Gasteiger charge is -2.35. The molecule has 0 fully saturated rings. The van der Waals surface area contributed by atoms with Crippen LogP contribution in [0.4, 0.5) is 10.1 Å². The first kappa shape index (κ1) is 17.0. The number of benzene rings is 1. The lowest BCUT2D eigenvalue weighted by Crippen LogP contribution is -2.41. The topological polar surface area (TPSA) is 15.3 Å². The molecule has 0 aliphatic heterocycles. The predicted octanol–water partition coefficient (Wildman–Crippen LogP) is 4.07. The van der Waals surface area contributed by atoms with Gasteiger partial charge in [-0.25, -0.2) is 4.39 Å². The van der Waals surface area contributed by atoms with Crippen LogP contribution in [0.25, 0.3) is 0 Å². The minimum atomic E-state index is -0.178. The molecule has 0 radical (unpaired) electrons. The Kier molecular flexibility index (Phi) is 7.00. The average Bonchev–Trinajstić information content (AvgIpc) is 2.39. The molecule has 1 rings (SSSR count). The van der Waals surface area contributed by atoms with Crippen molar-refractivity contribution in [2.75, 3.05) is 31.6 Å². The van der Waals surface area contributed by atoms with E-state index in [-0.39, 0.29) is 11.2 Å². The second-order valence-corrected chi connectivity index (χ2v) is 6.07. The molecule has 0 saturated carbocycles. The molecule has 1 N–H and O–H groups in total. The normalized spacial score (nSPS) is 14.1. The highest BCUT2D eigenvalue weighted by Gasteiger charge is 2.25. The number of hydrogen-bond donors (Lipinski definition) is 1. The van der Waals surface area contributed by atoms with E-state index in [0.29, 0.717) is 0 Å². The second-order valence-electron chi connectivity index (χ2n) is 6.07. The SMILES string of the molecule is CCCNCC(C)(CCC)CN(C)c1ccc(F)cc1. The highest BCUT2D eigenvalue weighted by atomic mass is 19.1. The van der Waals surface area contributed by atoms with Crippen molar-refractivity contribution >= 4 is 5.69 Å². The summed E-state index contributed by atoms with van der Waals surface area (Å²) in [5, 5.41) is 3.54. The Morgan fingerprint density at radius 3 is 2.35 bits per heavy atom. The maximum atomic E-state index is 13.0. The first-order valence-corrected chi connectivity index (χ1v) is 7.68. The molecule has 0 aromatic heterocycles. The summed E-state index contributed by atoms with van der Waals surface area (Å²) in [6.07, 6.45) is 3.53. The zero-order valence-electron chi connectivity index (χ0n) is 13.4. The molecule has 0 aliphatic carbocycles. The largest absolute Gasteiger partial charge is 0.374 e. The molecule has 1 aromatic rings. The molecule has 3 heteroatoms. The van der Waals surface area contributed by atoms with E-state index in [9.17, 15) is 4.39 Å². The van der Waals surface area contributed by atoms with E-state index in [0.717, 1.165) is 31.7 Å². The van der Waals surface area contributed by atoms with Crippen LogP contribution in [0.15, 0.2) is 24.3 Å². The van der Waals surface area contributed by atoms with E-state index in [2.05, 4.69) is 38.0 Å². The summed E-state index contributed by atoms with van der Waals surface area (Å²) in [6, 6.07) is 6.75. The van der Waals surface area contributed by atoms with Crippen LogP contribution in [-0.2, 0) is 0 Å². The zero-order chi connectivity index (χ0) is 15.0. The summed E-state index contributed by atoms with van der Waals surface area (Å²) < 4.78 is 13.0. The van der Waals surface area contributed by atoms with Gasteiger partial charge < -0.3 is 10.2 Å². The van der Waals surface area contributed by atoms with Gasteiger partial charge in [-0.2, -0.15) is 0 Å². The summed E-state index contributed by atoms with van der Waals surface area (Å²) >= 11 is 0. The van der Waals surface area contributed by atoms with Crippen LogP contribution in [0.3, 0.4) is 0 Å². The monoisotopic (exact) mass is 280 g/mol.